The minimum Gasteiger partial charge on any atom is -0.489 e. The normalized spacial score (nSPS) is 9.92. The molecule has 0 atom stereocenters. The Morgan fingerprint density at radius 1 is 0.808 bits per heavy atom. The molecule has 0 aliphatic heterocycles. The van der Waals surface area contributed by atoms with Crippen LogP contribution in [0, 0.1) is 6.92 Å². The van der Waals surface area contributed by atoms with Crippen LogP contribution in [-0.2, 0) is 13.2 Å². The average Bonchev–Trinajstić information content (AvgIpc) is 2.61. The van der Waals surface area contributed by atoms with Crippen molar-refractivity contribution in [1.29, 1.82) is 0 Å². The van der Waals surface area contributed by atoms with Crippen LogP contribution in [0.3, 0.4) is 0 Å². The van der Waals surface area contributed by atoms with Gasteiger partial charge in [-0.25, -0.2) is 0 Å². The van der Waals surface area contributed by atoms with E-state index < -0.39 is 0 Å². The molecular weight excluding hydrogens is 371 g/mol. The number of halogens is 2. The Balaban J connectivity index is 0.00000312. The molecule has 0 aromatic heterocycles. The highest BCUT2D eigenvalue weighted by molar-refractivity contribution is 5.85. The first-order valence-corrected chi connectivity index (χ1v) is 8.57. The number of aliphatic hydroxyl groups is 1. The van der Waals surface area contributed by atoms with Gasteiger partial charge in [-0.05, 0) is 49.7 Å². The molecule has 26 heavy (non-hydrogen) atoms. The van der Waals surface area contributed by atoms with Crippen LogP contribution in [0.5, 0.6) is 5.75 Å². The quantitative estimate of drug-likeness (QED) is 0.505. The fourth-order valence-electron chi connectivity index (χ4n) is 2.33. The second-order valence-corrected chi connectivity index (χ2v) is 5.92. The van der Waals surface area contributed by atoms with E-state index in [0.717, 1.165) is 31.8 Å². The molecule has 0 aliphatic carbocycles. The number of ether oxygens (including phenoxy) is 1. The summed E-state index contributed by atoms with van der Waals surface area (Å²) in [6.45, 7) is 6.30. The van der Waals surface area contributed by atoms with E-state index in [1.54, 1.807) is 0 Å². The Kier molecular flexibility index (Phi) is 14.1. The van der Waals surface area contributed by atoms with Crippen LogP contribution in [0.2, 0.25) is 0 Å². The third-order valence-electron chi connectivity index (χ3n) is 3.77. The molecule has 4 nitrogen and oxygen atoms in total. The topological polar surface area (TPSA) is 53.5 Å². The van der Waals surface area contributed by atoms with Gasteiger partial charge in [0.15, 0.2) is 0 Å². The molecule has 0 amide bonds. The smallest absolute Gasteiger partial charge is 0.119 e. The van der Waals surface area contributed by atoms with Crippen LogP contribution in [0.1, 0.15) is 23.1 Å². The zero-order chi connectivity index (χ0) is 17.0. The molecule has 0 heterocycles. The lowest BCUT2D eigenvalue weighted by atomic mass is 10.2. The number of rotatable bonds is 11. The Bertz CT molecular complexity index is 577. The summed E-state index contributed by atoms with van der Waals surface area (Å²) in [6, 6.07) is 16.6. The van der Waals surface area contributed by atoms with Crippen LogP contribution in [-0.4, -0.2) is 31.3 Å². The van der Waals surface area contributed by atoms with Gasteiger partial charge in [-0.15, -0.1) is 24.8 Å². The summed E-state index contributed by atoms with van der Waals surface area (Å²) in [6.07, 6.45) is 1.05. The summed E-state index contributed by atoms with van der Waals surface area (Å²) in [4.78, 5) is 0. The van der Waals surface area contributed by atoms with Crippen molar-refractivity contribution in [2.75, 3.05) is 26.2 Å². The zero-order valence-corrected chi connectivity index (χ0v) is 16.9. The maximum atomic E-state index is 8.67. The minimum absolute atomic E-state index is 0. The van der Waals surface area contributed by atoms with E-state index in [9.17, 15) is 0 Å². The summed E-state index contributed by atoms with van der Waals surface area (Å²) < 4.78 is 5.82. The molecule has 2 aromatic carbocycles. The monoisotopic (exact) mass is 400 g/mol. The van der Waals surface area contributed by atoms with Gasteiger partial charge in [0.1, 0.15) is 12.4 Å². The first-order valence-electron chi connectivity index (χ1n) is 8.57. The van der Waals surface area contributed by atoms with E-state index in [2.05, 4.69) is 54.0 Å². The van der Waals surface area contributed by atoms with E-state index in [1.807, 2.05) is 12.1 Å². The molecule has 0 bridgehead atoms. The molecule has 0 unspecified atom stereocenters. The number of benzene rings is 2. The second kappa shape index (κ2) is 14.8. The third-order valence-corrected chi connectivity index (χ3v) is 3.77. The summed E-state index contributed by atoms with van der Waals surface area (Å²) in [7, 11) is 0. The first kappa shape index (κ1) is 24.7. The standard InChI is InChI=1S/C20H28N2O2.2ClH/c1-17-3-5-19(6-4-17)16-24-20-9-7-18(8-10-20)15-22-12-2-11-21-13-14-23;;/h3-10,21-23H,2,11-16H2,1H3;2*1H. The summed E-state index contributed by atoms with van der Waals surface area (Å²) >= 11 is 0. The largest absolute Gasteiger partial charge is 0.489 e. The summed E-state index contributed by atoms with van der Waals surface area (Å²) in [5.41, 5.74) is 3.70. The minimum atomic E-state index is 0. The number of nitrogens with one attached hydrogen (secondary N) is 2. The highest BCUT2D eigenvalue weighted by Gasteiger charge is 1.98. The van der Waals surface area contributed by atoms with E-state index >= 15 is 0 Å². The van der Waals surface area contributed by atoms with E-state index in [4.69, 9.17) is 9.84 Å². The molecular formula is C20H30Cl2N2O2. The molecule has 0 fully saturated rings. The fraction of sp³-hybridized carbons (Fsp3) is 0.400. The van der Waals surface area contributed by atoms with Crippen molar-refractivity contribution in [1.82, 2.24) is 10.6 Å². The van der Waals surface area contributed by atoms with Gasteiger partial charge in [0, 0.05) is 13.1 Å². The van der Waals surface area contributed by atoms with Gasteiger partial charge in [0.05, 0.1) is 6.61 Å². The second-order valence-electron chi connectivity index (χ2n) is 5.92. The molecule has 0 aliphatic rings. The SMILES string of the molecule is Cc1ccc(COc2ccc(CNCCCNCCO)cc2)cc1.Cl.Cl. The van der Waals surface area contributed by atoms with Crippen molar-refractivity contribution in [2.45, 2.75) is 26.5 Å². The summed E-state index contributed by atoms with van der Waals surface area (Å²) in [5.74, 6) is 0.896. The van der Waals surface area contributed by atoms with Crippen LogP contribution in [0.4, 0.5) is 0 Å². The van der Waals surface area contributed by atoms with Gasteiger partial charge in [-0.1, -0.05) is 42.0 Å². The Hall–Kier alpha value is -1.30. The van der Waals surface area contributed by atoms with Crippen LogP contribution in [0.25, 0.3) is 0 Å². The molecule has 0 saturated heterocycles. The third kappa shape index (κ3) is 10.00. The van der Waals surface area contributed by atoms with Gasteiger partial charge in [-0.3, -0.25) is 0 Å². The van der Waals surface area contributed by atoms with Gasteiger partial charge < -0.3 is 20.5 Å². The van der Waals surface area contributed by atoms with E-state index in [1.165, 1.54) is 16.7 Å². The van der Waals surface area contributed by atoms with Gasteiger partial charge in [0.25, 0.3) is 0 Å². The molecule has 3 N–H and O–H groups in total. The van der Waals surface area contributed by atoms with Crippen LogP contribution < -0.4 is 15.4 Å². The van der Waals surface area contributed by atoms with Crippen LogP contribution >= 0.6 is 24.8 Å². The lowest BCUT2D eigenvalue weighted by Crippen LogP contribution is -2.23. The number of hydrogen-bond donors (Lipinski definition) is 3. The fourth-order valence-corrected chi connectivity index (χ4v) is 2.33. The lowest BCUT2D eigenvalue weighted by Gasteiger charge is -2.09. The van der Waals surface area contributed by atoms with Crippen molar-refractivity contribution in [2.24, 2.45) is 0 Å². The van der Waals surface area contributed by atoms with E-state index in [0.29, 0.717) is 13.2 Å². The highest BCUT2D eigenvalue weighted by atomic mass is 35.5. The van der Waals surface area contributed by atoms with Gasteiger partial charge >= 0.3 is 0 Å². The Labute approximate surface area is 169 Å². The zero-order valence-electron chi connectivity index (χ0n) is 15.2. The summed E-state index contributed by atoms with van der Waals surface area (Å²) in [5, 5.41) is 15.2. The molecule has 0 spiro atoms. The van der Waals surface area contributed by atoms with E-state index in [-0.39, 0.29) is 31.4 Å². The van der Waals surface area contributed by atoms with Crippen molar-refractivity contribution < 1.29 is 9.84 Å². The average molecular weight is 401 g/mol. The Morgan fingerprint density at radius 3 is 2.08 bits per heavy atom. The predicted octanol–water partition coefficient (Wildman–Crippen LogP) is 3.48. The van der Waals surface area contributed by atoms with Crippen LogP contribution in [0.15, 0.2) is 48.5 Å². The van der Waals surface area contributed by atoms with Crippen molar-refractivity contribution >= 4 is 24.8 Å². The maximum absolute atomic E-state index is 8.67. The number of aliphatic hydroxyl groups excluding tert-OH is 1. The first-order chi connectivity index (χ1) is 11.8. The predicted molar refractivity (Wildman–Crippen MR) is 113 cm³/mol. The molecule has 2 aromatic rings. The van der Waals surface area contributed by atoms with Gasteiger partial charge in [-0.2, -0.15) is 0 Å². The molecule has 6 heteroatoms. The number of hydrogen-bond acceptors (Lipinski definition) is 4. The van der Waals surface area contributed by atoms with Crippen molar-refractivity contribution in [3.63, 3.8) is 0 Å². The maximum Gasteiger partial charge on any atom is 0.119 e. The number of aryl methyl sites for hydroxylation is 1. The van der Waals surface area contributed by atoms with Crippen molar-refractivity contribution in [3.05, 3.63) is 65.2 Å². The molecule has 146 valence electrons. The Morgan fingerprint density at radius 2 is 1.42 bits per heavy atom. The molecule has 2 rings (SSSR count). The highest BCUT2D eigenvalue weighted by Crippen LogP contribution is 2.14. The van der Waals surface area contributed by atoms with Gasteiger partial charge in [0.2, 0.25) is 0 Å². The lowest BCUT2D eigenvalue weighted by molar-refractivity contribution is 0.292. The van der Waals surface area contributed by atoms with Crippen molar-refractivity contribution in [3.8, 4) is 5.75 Å². The molecule has 0 saturated carbocycles. The molecule has 0 radical (unpaired) electrons.